The van der Waals surface area contributed by atoms with Crippen LogP contribution in [0.15, 0.2) is 0 Å². The summed E-state index contributed by atoms with van der Waals surface area (Å²) in [6, 6.07) is 0.668. The molecular formula is C16H31ClN4O2. The standard InChI is InChI=1S/C16H30N4O2.ClH/c21-15(19-12-14-8-4-10-17-14)9-5-11-18-16(22)20-13-6-2-1-3-7-13;/h13-14,17H,1-12H2,(H,19,21)(H2,18,20,22);1H. The Morgan fingerprint density at radius 3 is 2.48 bits per heavy atom. The molecule has 6 nitrogen and oxygen atoms in total. The number of halogens is 1. The summed E-state index contributed by atoms with van der Waals surface area (Å²) in [5.41, 5.74) is 0. The monoisotopic (exact) mass is 346 g/mol. The lowest BCUT2D eigenvalue weighted by molar-refractivity contribution is -0.121. The third-order valence-corrected chi connectivity index (χ3v) is 4.51. The van der Waals surface area contributed by atoms with Crippen molar-refractivity contribution in [3.63, 3.8) is 0 Å². The van der Waals surface area contributed by atoms with Gasteiger partial charge in [-0.2, -0.15) is 0 Å². The number of urea groups is 1. The van der Waals surface area contributed by atoms with E-state index in [1.165, 1.54) is 25.7 Å². The van der Waals surface area contributed by atoms with Gasteiger partial charge >= 0.3 is 6.03 Å². The number of rotatable bonds is 7. The minimum atomic E-state index is -0.0949. The summed E-state index contributed by atoms with van der Waals surface area (Å²) in [5, 5.41) is 12.2. The Kier molecular flexibility index (Phi) is 10.0. The van der Waals surface area contributed by atoms with Crippen LogP contribution in [0.4, 0.5) is 4.79 Å². The fraction of sp³-hybridized carbons (Fsp3) is 0.875. The summed E-state index contributed by atoms with van der Waals surface area (Å²) >= 11 is 0. The van der Waals surface area contributed by atoms with E-state index in [4.69, 9.17) is 0 Å². The zero-order chi connectivity index (χ0) is 15.6. The molecule has 4 N–H and O–H groups in total. The van der Waals surface area contributed by atoms with E-state index in [0.717, 1.165) is 25.8 Å². The molecule has 0 aromatic carbocycles. The van der Waals surface area contributed by atoms with Crippen molar-refractivity contribution in [1.82, 2.24) is 21.3 Å². The number of amides is 3. The van der Waals surface area contributed by atoms with E-state index in [9.17, 15) is 9.59 Å². The SMILES string of the molecule is Cl.O=C(CCCNC(=O)NC1CCCCC1)NCC1CCCN1. The van der Waals surface area contributed by atoms with Gasteiger partial charge in [0.15, 0.2) is 0 Å². The number of hydrogen-bond acceptors (Lipinski definition) is 3. The summed E-state index contributed by atoms with van der Waals surface area (Å²) in [6.07, 6.45) is 9.37. The first-order chi connectivity index (χ1) is 10.7. The van der Waals surface area contributed by atoms with Crippen LogP contribution in [0.25, 0.3) is 0 Å². The predicted molar refractivity (Wildman–Crippen MR) is 93.9 cm³/mol. The van der Waals surface area contributed by atoms with Crippen molar-refractivity contribution < 1.29 is 9.59 Å². The van der Waals surface area contributed by atoms with Crippen molar-refractivity contribution in [2.75, 3.05) is 19.6 Å². The van der Waals surface area contributed by atoms with E-state index < -0.39 is 0 Å². The molecule has 0 spiro atoms. The van der Waals surface area contributed by atoms with Gasteiger partial charge in [-0.15, -0.1) is 12.4 Å². The van der Waals surface area contributed by atoms with Crippen LogP contribution in [-0.2, 0) is 4.79 Å². The molecule has 1 unspecified atom stereocenters. The number of hydrogen-bond donors (Lipinski definition) is 4. The molecule has 0 bridgehead atoms. The predicted octanol–water partition coefficient (Wildman–Crippen LogP) is 1.69. The lowest BCUT2D eigenvalue weighted by Crippen LogP contribution is -2.43. The molecule has 7 heteroatoms. The van der Waals surface area contributed by atoms with E-state index in [-0.39, 0.29) is 24.3 Å². The van der Waals surface area contributed by atoms with E-state index in [1.807, 2.05) is 0 Å². The topological polar surface area (TPSA) is 82.3 Å². The zero-order valence-corrected chi connectivity index (χ0v) is 14.7. The summed E-state index contributed by atoms with van der Waals surface area (Å²) in [4.78, 5) is 23.4. The second-order valence-electron chi connectivity index (χ2n) is 6.44. The molecule has 1 atom stereocenters. The maximum atomic E-state index is 11.7. The summed E-state index contributed by atoms with van der Waals surface area (Å²) in [6.45, 7) is 2.32. The van der Waals surface area contributed by atoms with Crippen LogP contribution in [0, 0.1) is 0 Å². The fourth-order valence-electron chi connectivity index (χ4n) is 3.19. The summed E-state index contributed by atoms with van der Waals surface area (Å²) in [5.74, 6) is 0.0724. The largest absolute Gasteiger partial charge is 0.355 e. The van der Waals surface area contributed by atoms with Gasteiger partial charge < -0.3 is 21.3 Å². The van der Waals surface area contributed by atoms with Gasteiger partial charge in [-0.3, -0.25) is 4.79 Å². The van der Waals surface area contributed by atoms with Crippen molar-refractivity contribution in [3.8, 4) is 0 Å². The molecule has 1 aliphatic carbocycles. The second-order valence-corrected chi connectivity index (χ2v) is 6.44. The van der Waals surface area contributed by atoms with Gasteiger partial charge in [-0.1, -0.05) is 19.3 Å². The molecule has 0 aromatic rings. The molecular weight excluding hydrogens is 316 g/mol. The Bertz CT molecular complexity index is 356. The maximum Gasteiger partial charge on any atom is 0.315 e. The lowest BCUT2D eigenvalue weighted by atomic mass is 9.96. The number of nitrogens with one attached hydrogen (secondary N) is 4. The lowest BCUT2D eigenvalue weighted by Gasteiger charge is -2.22. The van der Waals surface area contributed by atoms with Gasteiger partial charge in [0.25, 0.3) is 0 Å². The van der Waals surface area contributed by atoms with Gasteiger partial charge in [-0.25, -0.2) is 4.79 Å². The smallest absolute Gasteiger partial charge is 0.315 e. The van der Waals surface area contributed by atoms with Crippen LogP contribution in [0.1, 0.15) is 57.8 Å². The van der Waals surface area contributed by atoms with Gasteiger partial charge in [0.05, 0.1) is 0 Å². The van der Waals surface area contributed by atoms with E-state index in [2.05, 4.69) is 21.3 Å². The van der Waals surface area contributed by atoms with E-state index in [1.54, 1.807) is 0 Å². The number of carbonyl (C=O) groups is 2. The Morgan fingerprint density at radius 2 is 1.78 bits per heavy atom. The highest BCUT2D eigenvalue weighted by atomic mass is 35.5. The molecule has 134 valence electrons. The minimum absolute atomic E-state index is 0. The molecule has 1 saturated heterocycles. The Balaban J connectivity index is 0.00000264. The quantitative estimate of drug-likeness (QED) is 0.529. The van der Waals surface area contributed by atoms with Crippen molar-refractivity contribution in [2.45, 2.75) is 69.9 Å². The molecule has 23 heavy (non-hydrogen) atoms. The summed E-state index contributed by atoms with van der Waals surface area (Å²) < 4.78 is 0. The minimum Gasteiger partial charge on any atom is -0.355 e. The average molecular weight is 347 g/mol. The molecule has 2 fully saturated rings. The van der Waals surface area contributed by atoms with Crippen LogP contribution in [-0.4, -0.2) is 43.7 Å². The third kappa shape index (κ3) is 8.42. The van der Waals surface area contributed by atoms with Crippen molar-refractivity contribution in [2.24, 2.45) is 0 Å². The highest BCUT2D eigenvalue weighted by Gasteiger charge is 2.16. The highest BCUT2D eigenvalue weighted by molar-refractivity contribution is 5.85. The van der Waals surface area contributed by atoms with E-state index in [0.29, 0.717) is 38.0 Å². The van der Waals surface area contributed by atoms with Crippen LogP contribution in [0.3, 0.4) is 0 Å². The first kappa shape index (κ1) is 20.0. The fourth-order valence-corrected chi connectivity index (χ4v) is 3.19. The van der Waals surface area contributed by atoms with Crippen LogP contribution < -0.4 is 21.3 Å². The molecule has 1 aliphatic heterocycles. The van der Waals surface area contributed by atoms with Crippen LogP contribution in [0.5, 0.6) is 0 Å². The molecule has 0 aromatic heterocycles. The van der Waals surface area contributed by atoms with Gasteiger partial charge in [0.2, 0.25) is 5.91 Å². The Hall–Kier alpha value is -1.01. The average Bonchev–Trinajstić information content (AvgIpc) is 3.04. The van der Waals surface area contributed by atoms with Crippen LogP contribution in [0.2, 0.25) is 0 Å². The first-order valence-corrected chi connectivity index (χ1v) is 8.78. The summed E-state index contributed by atoms with van der Waals surface area (Å²) in [7, 11) is 0. The van der Waals surface area contributed by atoms with Gasteiger partial charge in [-0.05, 0) is 38.6 Å². The maximum absolute atomic E-state index is 11.7. The zero-order valence-electron chi connectivity index (χ0n) is 13.9. The molecule has 2 aliphatic rings. The second kappa shape index (κ2) is 11.5. The molecule has 2 rings (SSSR count). The van der Waals surface area contributed by atoms with Crippen molar-refractivity contribution >= 4 is 24.3 Å². The van der Waals surface area contributed by atoms with E-state index >= 15 is 0 Å². The normalized spacial score (nSPS) is 21.3. The molecule has 1 saturated carbocycles. The van der Waals surface area contributed by atoms with Crippen molar-refractivity contribution in [3.05, 3.63) is 0 Å². The van der Waals surface area contributed by atoms with Gasteiger partial charge in [0.1, 0.15) is 0 Å². The molecule has 1 heterocycles. The highest BCUT2D eigenvalue weighted by Crippen LogP contribution is 2.17. The Morgan fingerprint density at radius 1 is 1.00 bits per heavy atom. The van der Waals surface area contributed by atoms with Gasteiger partial charge in [0, 0.05) is 31.6 Å². The number of carbonyl (C=O) groups excluding carboxylic acids is 2. The first-order valence-electron chi connectivity index (χ1n) is 8.78. The Labute approximate surface area is 145 Å². The van der Waals surface area contributed by atoms with Crippen LogP contribution >= 0.6 is 12.4 Å². The molecule has 3 amide bonds. The third-order valence-electron chi connectivity index (χ3n) is 4.51. The molecule has 0 radical (unpaired) electrons. The van der Waals surface area contributed by atoms with Crippen molar-refractivity contribution in [1.29, 1.82) is 0 Å².